The lowest BCUT2D eigenvalue weighted by Gasteiger charge is -2.37. The zero-order valence-corrected chi connectivity index (χ0v) is 17.7. The third-order valence-corrected chi connectivity index (χ3v) is 5.83. The molecule has 10 heteroatoms. The Morgan fingerprint density at radius 1 is 0.625 bits per heavy atom. The van der Waals surface area contributed by atoms with Crippen molar-refractivity contribution < 1.29 is 0 Å². The molecule has 0 spiro atoms. The molecule has 0 aromatic carbocycles. The standard InChI is InChI=1S/C22H24N10/c23-17-18-3-4-19(29-9-13-31(14-10-29)21-24-5-1-6-25-21)28-20(18)30-11-15-32(16-12-30)22-26-7-2-8-27-22/h1-8H,9-16H2. The van der Waals surface area contributed by atoms with Gasteiger partial charge in [-0.3, -0.25) is 0 Å². The number of nitriles is 1. The maximum atomic E-state index is 9.66. The van der Waals surface area contributed by atoms with Gasteiger partial charge in [-0.1, -0.05) is 0 Å². The number of rotatable bonds is 4. The van der Waals surface area contributed by atoms with Gasteiger partial charge < -0.3 is 19.6 Å². The van der Waals surface area contributed by atoms with Gasteiger partial charge in [-0.05, 0) is 24.3 Å². The predicted molar refractivity (Wildman–Crippen MR) is 122 cm³/mol. The Labute approximate surface area is 186 Å². The van der Waals surface area contributed by atoms with Crippen LogP contribution in [-0.2, 0) is 0 Å². The molecule has 10 nitrogen and oxygen atoms in total. The summed E-state index contributed by atoms with van der Waals surface area (Å²) in [6.07, 6.45) is 7.06. The normalized spacial score (nSPS) is 16.7. The van der Waals surface area contributed by atoms with Gasteiger partial charge in [-0.25, -0.2) is 24.9 Å². The van der Waals surface area contributed by atoms with Crippen molar-refractivity contribution in [3.05, 3.63) is 54.6 Å². The smallest absolute Gasteiger partial charge is 0.225 e. The molecular weight excluding hydrogens is 404 g/mol. The van der Waals surface area contributed by atoms with E-state index in [0.29, 0.717) is 5.56 Å². The summed E-state index contributed by atoms with van der Waals surface area (Å²) in [4.78, 5) is 31.1. The van der Waals surface area contributed by atoms with Crippen LogP contribution in [0.15, 0.2) is 49.1 Å². The van der Waals surface area contributed by atoms with Gasteiger partial charge in [0.15, 0.2) is 0 Å². The summed E-state index contributed by atoms with van der Waals surface area (Å²) in [5.41, 5.74) is 0.606. The quantitative estimate of drug-likeness (QED) is 0.602. The first-order valence-electron chi connectivity index (χ1n) is 10.8. The molecule has 2 aliphatic rings. The highest BCUT2D eigenvalue weighted by molar-refractivity contribution is 5.60. The third kappa shape index (κ3) is 4.09. The number of pyridine rings is 1. The van der Waals surface area contributed by atoms with E-state index in [0.717, 1.165) is 75.9 Å². The average molecular weight is 429 g/mol. The lowest BCUT2D eigenvalue weighted by atomic mass is 10.2. The molecule has 0 unspecified atom stereocenters. The van der Waals surface area contributed by atoms with E-state index in [1.165, 1.54) is 0 Å². The highest BCUT2D eigenvalue weighted by Gasteiger charge is 2.24. The van der Waals surface area contributed by atoms with Gasteiger partial charge in [0.1, 0.15) is 17.7 Å². The first-order chi connectivity index (χ1) is 15.8. The number of aromatic nitrogens is 5. The van der Waals surface area contributed by atoms with Crippen molar-refractivity contribution in [3.63, 3.8) is 0 Å². The summed E-state index contributed by atoms with van der Waals surface area (Å²) in [6, 6.07) is 9.79. The van der Waals surface area contributed by atoms with Crippen LogP contribution >= 0.6 is 0 Å². The molecule has 162 valence electrons. The second kappa shape index (κ2) is 9.01. The van der Waals surface area contributed by atoms with E-state index >= 15 is 0 Å². The SMILES string of the molecule is N#Cc1ccc(N2CCN(c3ncccn3)CC2)nc1N1CCN(c2ncccn2)CC1. The average Bonchev–Trinajstić information content (AvgIpc) is 2.89. The first-order valence-corrected chi connectivity index (χ1v) is 10.8. The molecule has 2 fully saturated rings. The molecule has 5 rings (SSSR count). The maximum absolute atomic E-state index is 9.66. The molecule has 0 N–H and O–H groups in total. The van der Waals surface area contributed by atoms with Gasteiger partial charge in [-0.15, -0.1) is 0 Å². The van der Waals surface area contributed by atoms with Gasteiger partial charge in [-0.2, -0.15) is 5.26 Å². The lowest BCUT2D eigenvalue weighted by Crippen LogP contribution is -2.48. The number of nitrogens with zero attached hydrogens (tertiary/aromatic N) is 10. The summed E-state index contributed by atoms with van der Waals surface area (Å²) >= 11 is 0. The molecule has 0 aliphatic carbocycles. The van der Waals surface area contributed by atoms with Crippen molar-refractivity contribution in [3.8, 4) is 6.07 Å². The van der Waals surface area contributed by atoms with E-state index in [1.807, 2.05) is 24.3 Å². The van der Waals surface area contributed by atoms with Crippen molar-refractivity contribution in [1.82, 2.24) is 24.9 Å². The number of anilines is 4. The van der Waals surface area contributed by atoms with Crippen LogP contribution in [0.5, 0.6) is 0 Å². The molecule has 0 atom stereocenters. The van der Waals surface area contributed by atoms with E-state index in [2.05, 4.69) is 45.6 Å². The topological polar surface area (TPSA) is 101 Å². The second-order valence-corrected chi connectivity index (χ2v) is 7.70. The molecule has 5 heterocycles. The highest BCUT2D eigenvalue weighted by atomic mass is 15.4. The minimum absolute atomic E-state index is 0.606. The Bertz CT molecular complexity index is 1070. The van der Waals surface area contributed by atoms with Crippen LogP contribution in [0.4, 0.5) is 23.5 Å². The van der Waals surface area contributed by atoms with Crippen LogP contribution in [0, 0.1) is 11.3 Å². The minimum atomic E-state index is 0.606. The fraction of sp³-hybridized carbons (Fsp3) is 0.364. The molecule has 2 saturated heterocycles. The van der Waals surface area contributed by atoms with Crippen molar-refractivity contribution >= 4 is 23.5 Å². The molecule has 0 amide bonds. The Hall–Kier alpha value is -4.00. The first kappa shape index (κ1) is 19.9. The van der Waals surface area contributed by atoms with E-state index in [9.17, 15) is 5.26 Å². The van der Waals surface area contributed by atoms with Crippen LogP contribution in [0.1, 0.15) is 5.56 Å². The van der Waals surface area contributed by atoms with Gasteiger partial charge in [0.05, 0.1) is 5.56 Å². The third-order valence-electron chi connectivity index (χ3n) is 5.83. The van der Waals surface area contributed by atoms with Crippen molar-refractivity contribution in [2.24, 2.45) is 0 Å². The number of hydrogen-bond acceptors (Lipinski definition) is 10. The molecule has 32 heavy (non-hydrogen) atoms. The second-order valence-electron chi connectivity index (χ2n) is 7.70. The Morgan fingerprint density at radius 3 is 1.59 bits per heavy atom. The molecule has 0 radical (unpaired) electrons. The Morgan fingerprint density at radius 2 is 1.09 bits per heavy atom. The summed E-state index contributed by atoms with van der Waals surface area (Å²) in [5.74, 6) is 3.17. The maximum Gasteiger partial charge on any atom is 0.225 e. The van der Waals surface area contributed by atoms with Crippen molar-refractivity contribution in [2.45, 2.75) is 0 Å². The van der Waals surface area contributed by atoms with Gasteiger partial charge in [0, 0.05) is 77.1 Å². The van der Waals surface area contributed by atoms with E-state index in [-0.39, 0.29) is 0 Å². The Kier molecular flexibility index (Phi) is 5.61. The predicted octanol–water partition coefficient (Wildman–Crippen LogP) is 1.19. The van der Waals surface area contributed by atoms with Crippen LogP contribution in [0.2, 0.25) is 0 Å². The van der Waals surface area contributed by atoms with Crippen LogP contribution in [0.25, 0.3) is 0 Å². The summed E-state index contributed by atoms with van der Waals surface area (Å²) < 4.78 is 0. The summed E-state index contributed by atoms with van der Waals surface area (Å²) in [7, 11) is 0. The van der Waals surface area contributed by atoms with Gasteiger partial charge >= 0.3 is 0 Å². The van der Waals surface area contributed by atoms with E-state index in [1.54, 1.807) is 24.8 Å². The number of hydrogen-bond donors (Lipinski definition) is 0. The molecule has 3 aromatic heterocycles. The van der Waals surface area contributed by atoms with Crippen molar-refractivity contribution in [2.75, 3.05) is 72.0 Å². The zero-order valence-electron chi connectivity index (χ0n) is 17.7. The monoisotopic (exact) mass is 428 g/mol. The van der Waals surface area contributed by atoms with E-state index in [4.69, 9.17) is 4.98 Å². The van der Waals surface area contributed by atoms with Crippen LogP contribution in [-0.4, -0.2) is 77.3 Å². The zero-order chi connectivity index (χ0) is 21.8. The molecule has 3 aromatic rings. The molecular formula is C22H24N10. The van der Waals surface area contributed by atoms with Gasteiger partial charge in [0.2, 0.25) is 11.9 Å². The molecule has 2 aliphatic heterocycles. The minimum Gasteiger partial charge on any atom is -0.353 e. The molecule has 0 saturated carbocycles. The van der Waals surface area contributed by atoms with Gasteiger partial charge in [0.25, 0.3) is 0 Å². The van der Waals surface area contributed by atoms with Crippen LogP contribution < -0.4 is 19.6 Å². The lowest BCUT2D eigenvalue weighted by molar-refractivity contribution is 0.624. The summed E-state index contributed by atoms with van der Waals surface area (Å²) in [6.45, 7) is 6.43. The van der Waals surface area contributed by atoms with E-state index < -0.39 is 0 Å². The summed E-state index contributed by atoms with van der Waals surface area (Å²) in [5, 5.41) is 9.66. The van der Waals surface area contributed by atoms with Crippen LogP contribution in [0.3, 0.4) is 0 Å². The molecule has 0 bridgehead atoms. The highest BCUT2D eigenvalue weighted by Crippen LogP contribution is 2.25. The fourth-order valence-electron chi connectivity index (χ4n) is 4.11. The largest absolute Gasteiger partial charge is 0.353 e. The Balaban J connectivity index is 1.27. The number of piperazine rings is 2. The van der Waals surface area contributed by atoms with Crippen molar-refractivity contribution in [1.29, 1.82) is 5.26 Å². The fourth-order valence-corrected chi connectivity index (χ4v) is 4.11.